The summed E-state index contributed by atoms with van der Waals surface area (Å²) in [7, 11) is 0. The first-order valence-electron chi connectivity index (χ1n) is 6.58. The summed E-state index contributed by atoms with van der Waals surface area (Å²) < 4.78 is 0. The molecular weight excluding hydrogens is 222 g/mol. The Kier molecular flexibility index (Phi) is 2.62. The van der Waals surface area contributed by atoms with Crippen molar-refractivity contribution in [2.24, 2.45) is 0 Å². The van der Waals surface area contributed by atoms with Crippen LogP contribution in [0.25, 0.3) is 10.8 Å². The lowest BCUT2D eigenvalue weighted by atomic mass is 9.99. The van der Waals surface area contributed by atoms with Crippen LogP contribution >= 0.6 is 0 Å². The van der Waals surface area contributed by atoms with E-state index in [1.165, 1.54) is 25.7 Å². The van der Waals surface area contributed by atoms with Gasteiger partial charge < -0.3 is 11.1 Å². The Morgan fingerprint density at radius 3 is 2.72 bits per heavy atom. The van der Waals surface area contributed by atoms with E-state index in [0.717, 1.165) is 22.1 Å². The van der Waals surface area contributed by atoms with Gasteiger partial charge in [0.25, 0.3) is 0 Å². The van der Waals surface area contributed by atoms with Gasteiger partial charge in [-0.3, -0.25) is 4.98 Å². The predicted octanol–water partition coefficient (Wildman–Crippen LogP) is 3.56. The van der Waals surface area contributed by atoms with E-state index in [0.29, 0.717) is 0 Å². The first kappa shape index (κ1) is 11.3. The zero-order valence-electron chi connectivity index (χ0n) is 10.7. The summed E-state index contributed by atoms with van der Waals surface area (Å²) >= 11 is 0. The maximum Gasteiger partial charge on any atom is 0.0441 e. The fourth-order valence-electron chi connectivity index (χ4n) is 2.93. The Hall–Kier alpha value is -1.77. The van der Waals surface area contributed by atoms with Gasteiger partial charge in [0.1, 0.15) is 0 Å². The minimum Gasteiger partial charge on any atom is -0.398 e. The Morgan fingerprint density at radius 2 is 1.94 bits per heavy atom. The molecule has 18 heavy (non-hydrogen) atoms. The number of nitrogen functional groups attached to an aromatic ring is 1. The van der Waals surface area contributed by atoms with Crippen molar-refractivity contribution in [3.05, 3.63) is 30.6 Å². The number of aromatic nitrogens is 1. The van der Waals surface area contributed by atoms with Gasteiger partial charge in [-0.25, -0.2) is 0 Å². The number of pyridine rings is 1. The largest absolute Gasteiger partial charge is 0.398 e. The van der Waals surface area contributed by atoms with Crippen LogP contribution in [-0.2, 0) is 0 Å². The molecule has 1 fully saturated rings. The molecule has 1 aliphatic rings. The van der Waals surface area contributed by atoms with Crippen molar-refractivity contribution in [3.63, 3.8) is 0 Å². The van der Waals surface area contributed by atoms with Crippen LogP contribution in [0.3, 0.4) is 0 Å². The molecule has 0 amide bonds. The van der Waals surface area contributed by atoms with Gasteiger partial charge in [-0.05, 0) is 38.0 Å². The number of hydrogen-bond acceptors (Lipinski definition) is 3. The highest BCUT2D eigenvalue weighted by molar-refractivity contribution is 6.00. The lowest BCUT2D eigenvalue weighted by molar-refractivity contribution is 0.534. The second kappa shape index (κ2) is 4.16. The van der Waals surface area contributed by atoms with Crippen LogP contribution in [-0.4, -0.2) is 10.5 Å². The summed E-state index contributed by atoms with van der Waals surface area (Å²) in [6.45, 7) is 2.30. The molecule has 94 valence electrons. The van der Waals surface area contributed by atoms with Gasteiger partial charge in [0.05, 0.1) is 0 Å². The molecule has 0 spiro atoms. The van der Waals surface area contributed by atoms with E-state index in [-0.39, 0.29) is 5.54 Å². The average Bonchev–Trinajstić information content (AvgIpc) is 2.80. The molecule has 0 aliphatic heterocycles. The topological polar surface area (TPSA) is 50.9 Å². The molecule has 3 N–H and O–H groups in total. The van der Waals surface area contributed by atoms with Crippen LogP contribution in [0, 0.1) is 0 Å². The number of nitrogens with zero attached hydrogens (tertiary/aromatic N) is 1. The Morgan fingerprint density at radius 1 is 1.17 bits per heavy atom. The summed E-state index contributed by atoms with van der Waals surface area (Å²) in [5.74, 6) is 0. The minimum absolute atomic E-state index is 0.221. The van der Waals surface area contributed by atoms with Crippen molar-refractivity contribution in [2.75, 3.05) is 11.1 Å². The van der Waals surface area contributed by atoms with E-state index in [2.05, 4.69) is 23.3 Å². The van der Waals surface area contributed by atoms with Crippen LogP contribution in [0.4, 0.5) is 11.4 Å². The smallest absolute Gasteiger partial charge is 0.0441 e. The summed E-state index contributed by atoms with van der Waals surface area (Å²) in [4.78, 5) is 4.22. The van der Waals surface area contributed by atoms with Gasteiger partial charge in [-0.15, -0.1) is 0 Å². The molecule has 1 aliphatic carbocycles. The lowest BCUT2D eigenvalue weighted by Gasteiger charge is -2.27. The molecule has 0 atom stereocenters. The van der Waals surface area contributed by atoms with E-state index in [9.17, 15) is 0 Å². The number of benzene rings is 1. The Bertz CT molecular complexity index is 571. The molecule has 2 aromatic rings. The molecule has 3 rings (SSSR count). The van der Waals surface area contributed by atoms with Crippen LogP contribution < -0.4 is 11.1 Å². The molecule has 1 heterocycles. The highest BCUT2D eigenvalue weighted by Crippen LogP contribution is 2.35. The molecule has 1 saturated carbocycles. The van der Waals surface area contributed by atoms with Crippen molar-refractivity contribution in [1.82, 2.24) is 4.98 Å². The van der Waals surface area contributed by atoms with E-state index in [1.54, 1.807) is 6.20 Å². The van der Waals surface area contributed by atoms with Crippen LogP contribution in [0.5, 0.6) is 0 Å². The maximum atomic E-state index is 6.01. The van der Waals surface area contributed by atoms with E-state index < -0.39 is 0 Å². The zero-order valence-corrected chi connectivity index (χ0v) is 10.7. The Balaban J connectivity index is 2.04. The molecule has 1 aromatic carbocycles. The van der Waals surface area contributed by atoms with Crippen molar-refractivity contribution >= 4 is 22.1 Å². The highest BCUT2D eigenvalue weighted by atomic mass is 15.0. The molecule has 0 unspecified atom stereocenters. The van der Waals surface area contributed by atoms with Crippen LogP contribution in [0.1, 0.15) is 32.6 Å². The number of rotatable bonds is 2. The first-order chi connectivity index (χ1) is 8.68. The first-order valence-corrected chi connectivity index (χ1v) is 6.58. The van der Waals surface area contributed by atoms with Crippen molar-refractivity contribution in [1.29, 1.82) is 0 Å². The monoisotopic (exact) mass is 241 g/mol. The van der Waals surface area contributed by atoms with Crippen molar-refractivity contribution in [2.45, 2.75) is 38.1 Å². The van der Waals surface area contributed by atoms with E-state index in [1.807, 2.05) is 18.3 Å². The standard InChI is InChI=1S/C15H19N3/c1-15(7-2-3-8-15)18-14-5-4-13(16)11-6-9-17-10-12(11)14/h4-6,9-10,18H,2-3,7-8,16H2,1H3. The molecule has 1 aromatic heterocycles. The quantitative estimate of drug-likeness (QED) is 0.790. The predicted molar refractivity (Wildman–Crippen MR) is 76.7 cm³/mol. The Labute approximate surface area is 107 Å². The van der Waals surface area contributed by atoms with Gasteiger partial charge in [0.2, 0.25) is 0 Å². The second-order valence-electron chi connectivity index (χ2n) is 5.52. The van der Waals surface area contributed by atoms with Gasteiger partial charge in [-0.2, -0.15) is 0 Å². The summed E-state index contributed by atoms with van der Waals surface area (Å²) in [5, 5.41) is 5.89. The van der Waals surface area contributed by atoms with Crippen LogP contribution in [0.15, 0.2) is 30.6 Å². The SMILES string of the molecule is CC1(Nc2ccc(N)c3ccncc23)CCCC1. The highest BCUT2D eigenvalue weighted by Gasteiger charge is 2.28. The van der Waals surface area contributed by atoms with Gasteiger partial charge in [0.15, 0.2) is 0 Å². The maximum absolute atomic E-state index is 6.01. The molecule has 0 bridgehead atoms. The number of nitrogens with one attached hydrogen (secondary N) is 1. The number of anilines is 2. The van der Waals surface area contributed by atoms with Crippen LogP contribution in [0.2, 0.25) is 0 Å². The molecule has 0 radical (unpaired) electrons. The molecule has 0 saturated heterocycles. The molecular formula is C15H19N3. The van der Waals surface area contributed by atoms with Crippen molar-refractivity contribution < 1.29 is 0 Å². The normalized spacial score (nSPS) is 18.1. The van der Waals surface area contributed by atoms with E-state index >= 15 is 0 Å². The summed E-state index contributed by atoms with van der Waals surface area (Å²) in [5.41, 5.74) is 8.20. The average molecular weight is 241 g/mol. The van der Waals surface area contributed by atoms with Crippen molar-refractivity contribution in [3.8, 4) is 0 Å². The van der Waals surface area contributed by atoms with Gasteiger partial charge in [0, 0.05) is 40.1 Å². The molecule has 3 heteroatoms. The number of nitrogens with two attached hydrogens (primary N) is 1. The fourth-order valence-corrected chi connectivity index (χ4v) is 2.93. The minimum atomic E-state index is 0.221. The third-order valence-corrected chi connectivity index (χ3v) is 4.00. The third kappa shape index (κ3) is 1.90. The lowest BCUT2D eigenvalue weighted by Crippen LogP contribution is -2.30. The van der Waals surface area contributed by atoms with E-state index in [4.69, 9.17) is 5.73 Å². The fraction of sp³-hybridized carbons (Fsp3) is 0.400. The molecule has 3 nitrogen and oxygen atoms in total. The summed E-state index contributed by atoms with van der Waals surface area (Å²) in [6, 6.07) is 6.03. The number of fused-ring (bicyclic) bond motifs is 1. The summed E-state index contributed by atoms with van der Waals surface area (Å²) in [6.07, 6.45) is 8.79. The zero-order chi connectivity index (χ0) is 12.6. The number of hydrogen-bond donors (Lipinski definition) is 2. The second-order valence-corrected chi connectivity index (χ2v) is 5.52. The third-order valence-electron chi connectivity index (χ3n) is 4.00. The van der Waals surface area contributed by atoms with Gasteiger partial charge >= 0.3 is 0 Å². The van der Waals surface area contributed by atoms with Gasteiger partial charge in [-0.1, -0.05) is 12.8 Å².